The summed E-state index contributed by atoms with van der Waals surface area (Å²) >= 11 is 0. The Morgan fingerprint density at radius 2 is 1.68 bits per heavy atom. The van der Waals surface area contributed by atoms with Gasteiger partial charge in [-0.1, -0.05) is 26.0 Å². The molecule has 2 saturated heterocycles. The molecule has 2 aromatic rings. The van der Waals surface area contributed by atoms with Gasteiger partial charge in [-0.3, -0.25) is 19.2 Å². The van der Waals surface area contributed by atoms with Gasteiger partial charge in [0.05, 0.1) is 23.0 Å². The number of likely N-dealkylation sites (tertiary alicyclic amines) is 2. The molecule has 2 heterocycles. The van der Waals surface area contributed by atoms with Gasteiger partial charge in [0.2, 0.25) is 5.91 Å². The smallest absolute Gasteiger partial charge is 0.255 e. The van der Waals surface area contributed by atoms with Crippen molar-refractivity contribution in [2.24, 2.45) is 5.92 Å². The predicted octanol–water partition coefficient (Wildman–Crippen LogP) is 2.00. The summed E-state index contributed by atoms with van der Waals surface area (Å²) in [6.45, 7) is 3.94. The molecule has 2 aromatic carbocycles. The summed E-state index contributed by atoms with van der Waals surface area (Å²) in [5, 5.41) is 2.87. The van der Waals surface area contributed by atoms with Crippen LogP contribution in [0.3, 0.4) is 0 Å². The molecule has 2 aliphatic heterocycles. The summed E-state index contributed by atoms with van der Waals surface area (Å²) in [6.07, 6.45) is 1.79. The van der Waals surface area contributed by atoms with E-state index in [1.165, 1.54) is 21.9 Å². The van der Waals surface area contributed by atoms with E-state index in [2.05, 4.69) is 5.32 Å². The van der Waals surface area contributed by atoms with Gasteiger partial charge in [-0.2, -0.15) is 0 Å². The lowest BCUT2D eigenvalue weighted by Gasteiger charge is -2.29. The lowest BCUT2D eigenvalue weighted by atomic mass is 10.0. The van der Waals surface area contributed by atoms with Crippen molar-refractivity contribution in [3.63, 3.8) is 0 Å². The summed E-state index contributed by atoms with van der Waals surface area (Å²) in [6, 6.07) is 10.7. The minimum Gasteiger partial charge on any atom is -0.378 e. The topological polar surface area (TPSA) is 124 Å². The number of fused-ring (bicyclic) bond motifs is 1. The van der Waals surface area contributed by atoms with Crippen LogP contribution in [0.2, 0.25) is 0 Å². The van der Waals surface area contributed by atoms with Crippen LogP contribution in [0, 0.1) is 5.92 Å². The number of rotatable bonds is 8. The Kier molecular flexibility index (Phi) is 8.34. The second-order valence-electron chi connectivity index (χ2n) is 11.1. The zero-order valence-corrected chi connectivity index (χ0v) is 24.3. The van der Waals surface area contributed by atoms with E-state index in [4.69, 9.17) is 0 Å². The Morgan fingerprint density at radius 1 is 1.02 bits per heavy atom. The van der Waals surface area contributed by atoms with Gasteiger partial charge in [-0.15, -0.1) is 0 Å². The quantitative estimate of drug-likeness (QED) is 0.517. The molecule has 4 rings (SSSR count). The zero-order valence-electron chi connectivity index (χ0n) is 23.5. The van der Waals surface area contributed by atoms with E-state index in [0.29, 0.717) is 18.4 Å². The number of carbonyl (C=O) groups excluding carboxylic acids is 4. The van der Waals surface area contributed by atoms with Crippen molar-refractivity contribution in [3.05, 3.63) is 59.7 Å². The van der Waals surface area contributed by atoms with Gasteiger partial charge in [0.25, 0.3) is 11.8 Å². The molecule has 3 atom stereocenters. The van der Waals surface area contributed by atoms with Crippen LogP contribution in [0.5, 0.6) is 0 Å². The Labute approximate surface area is 235 Å². The Morgan fingerprint density at radius 3 is 2.27 bits per heavy atom. The van der Waals surface area contributed by atoms with Crippen LogP contribution in [0.15, 0.2) is 53.4 Å². The molecule has 11 heteroatoms. The number of anilines is 1. The van der Waals surface area contributed by atoms with Crippen LogP contribution in [-0.4, -0.2) is 93.3 Å². The van der Waals surface area contributed by atoms with Crippen molar-refractivity contribution in [2.75, 3.05) is 38.3 Å². The van der Waals surface area contributed by atoms with Crippen molar-refractivity contribution in [1.29, 1.82) is 0 Å². The van der Waals surface area contributed by atoms with Gasteiger partial charge < -0.3 is 20.0 Å². The van der Waals surface area contributed by atoms with Crippen molar-refractivity contribution in [2.45, 2.75) is 49.7 Å². The number of carbonyl (C=O) groups is 4. The molecule has 0 aliphatic carbocycles. The molecule has 0 spiro atoms. The van der Waals surface area contributed by atoms with Crippen molar-refractivity contribution >= 4 is 39.0 Å². The SMILES string of the molecule is CC(C)C[C@H](NC(=O)c1ccc(N(C)C)cc1)C(=O)N1CCC2C1C(=O)CN2C(=O)c1ccccc1S(C)(=O)=O. The molecule has 3 amide bonds. The standard InChI is InChI=1S/C29H36N4O6S/c1-18(2)16-22(30-27(35)19-10-12-20(13-11-19)31(3)4)29(37)32-15-14-23-26(32)24(34)17-33(23)28(36)21-8-6-7-9-25(21)40(5,38)39/h6-13,18,22-23,26H,14-17H2,1-5H3,(H,30,35)/t22-,23?,26?/m0/s1. The molecule has 2 aliphatic rings. The van der Waals surface area contributed by atoms with Gasteiger partial charge in [0, 0.05) is 38.1 Å². The first-order chi connectivity index (χ1) is 18.8. The van der Waals surface area contributed by atoms with Crippen molar-refractivity contribution in [1.82, 2.24) is 15.1 Å². The number of hydrogen-bond acceptors (Lipinski definition) is 7. The average Bonchev–Trinajstić information content (AvgIpc) is 3.48. The highest BCUT2D eigenvalue weighted by atomic mass is 32.2. The second-order valence-corrected chi connectivity index (χ2v) is 13.1. The number of hydrogen-bond donors (Lipinski definition) is 1. The molecule has 40 heavy (non-hydrogen) atoms. The molecule has 0 bridgehead atoms. The van der Waals surface area contributed by atoms with E-state index in [-0.39, 0.29) is 47.1 Å². The molecule has 2 unspecified atom stereocenters. The second kappa shape index (κ2) is 11.4. The van der Waals surface area contributed by atoms with E-state index in [1.54, 1.807) is 24.3 Å². The first kappa shape index (κ1) is 29.3. The molecule has 0 radical (unpaired) electrons. The fourth-order valence-corrected chi connectivity index (χ4v) is 6.39. The highest BCUT2D eigenvalue weighted by Gasteiger charge is 2.52. The van der Waals surface area contributed by atoms with E-state index >= 15 is 0 Å². The number of ketones is 1. The number of Topliss-reactive ketones (excluding diaryl/α,β-unsaturated/α-hetero) is 1. The van der Waals surface area contributed by atoms with Crippen LogP contribution in [0.4, 0.5) is 5.69 Å². The molecule has 0 saturated carbocycles. The molecule has 1 N–H and O–H groups in total. The third-order valence-corrected chi connectivity index (χ3v) is 8.59. The maximum atomic E-state index is 13.8. The summed E-state index contributed by atoms with van der Waals surface area (Å²) in [4.78, 5) is 58.2. The summed E-state index contributed by atoms with van der Waals surface area (Å²) in [5.74, 6) is -1.49. The van der Waals surface area contributed by atoms with Crippen LogP contribution in [-0.2, 0) is 19.4 Å². The van der Waals surface area contributed by atoms with Crippen LogP contribution >= 0.6 is 0 Å². The summed E-state index contributed by atoms with van der Waals surface area (Å²) in [7, 11) is 0.132. The Hall–Kier alpha value is -3.73. The van der Waals surface area contributed by atoms with E-state index < -0.39 is 33.9 Å². The van der Waals surface area contributed by atoms with Crippen LogP contribution in [0.25, 0.3) is 0 Å². The van der Waals surface area contributed by atoms with Gasteiger partial charge in [0.1, 0.15) is 12.1 Å². The normalized spacial score (nSPS) is 19.5. The first-order valence-corrected chi connectivity index (χ1v) is 15.2. The molecular weight excluding hydrogens is 532 g/mol. The maximum absolute atomic E-state index is 13.8. The molecule has 2 fully saturated rings. The van der Waals surface area contributed by atoms with E-state index in [0.717, 1.165) is 11.9 Å². The van der Waals surface area contributed by atoms with Gasteiger partial charge in [-0.25, -0.2) is 8.42 Å². The van der Waals surface area contributed by atoms with Gasteiger partial charge in [0.15, 0.2) is 15.6 Å². The number of amides is 3. The zero-order chi connectivity index (χ0) is 29.4. The minimum atomic E-state index is -3.67. The van der Waals surface area contributed by atoms with Crippen molar-refractivity contribution in [3.8, 4) is 0 Å². The Bertz CT molecular complexity index is 1420. The summed E-state index contributed by atoms with van der Waals surface area (Å²) < 4.78 is 24.6. The summed E-state index contributed by atoms with van der Waals surface area (Å²) in [5.41, 5.74) is 1.37. The van der Waals surface area contributed by atoms with Crippen LogP contribution < -0.4 is 10.2 Å². The van der Waals surface area contributed by atoms with Gasteiger partial charge in [-0.05, 0) is 55.2 Å². The fraction of sp³-hybridized carbons (Fsp3) is 0.448. The highest BCUT2D eigenvalue weighted by Crippen LogP contribution is 2.32. The van der Waals surface area contributed by atoms with Crippen LogP contribution in [0.1, 0.15) is 47.4 Å². The third kappa shape index (κ3) is 5.89. The largest absolute Gasteiger partial charge is 0.378 e. The maximum Gasteiger partial charge on any atom is 0.255 e. The fourth-order valence-electron chi connectivity index (χ4n) is 5.51. The lowest BCUT2D eigenvalue weighted by Crippen LogP contribution is -2.53. The minimum absolute atomic E-state index is 0.00783. The third-order valence-electron chi connectivity index (χ3n) is 7.44. The number of nitrogens with one attached hydrogen (secondary N) is 1. The molecule has 0 aromatic heterocycles. The predicted molar refractivity (Wildman–Crippen MR) is 151 cm³/mol. The van der Waals surface area contributed by atoms with E-state index in [9.17, 15) is 27.6 Å². The highest BCUT2D eigenvalue weighted by molar-refractivity contribution is 7.90. The monoisotopic (exact) mass is 568 g/mol. The average molecular weight is 569 g/mol. The number of sulfone groups is 1. The van der Waals surface area contributed by atoms with Gasteiger partial charge >= 0.3 is 0 Å². The van der Waals surface area contributed by atoms with Crippen molar-refractivity contribution < 1.29 is 27.6 Å². The molecule has 10 nitrogen and oxygen atoms in total. The molecular formula is C29H36N4O6S. The number of nitrogens with zero attached hydrogens (tertiary/aromatic N) is 3. The first-order valence-electron chi connectivity index (χ1n) is 13.3. The Balaban J connectivity index is 1.54. The molecule has 214 valence electrons. The van der Waals surface area contributed by atoms with E-state index in [1.807, 2.05) is 45.0 Å². The number of benzene rings is 2. The lowest BCUT2D eigenvalue weighted by molar-refractivity contribution is -0.138.